The van der Waals surface area contributed by atoms with Gasteiger partial charge in [0.2, 0.25) is 10.0 Å². The van der Waals surface area contributed by atoms with Crippen LogP contribution in [-0.4, -0.2) is 8.42 Å². The molecule has 2 aromatic rings. The molecule has 20 heavy (non-hydrogen) atoms. The highest BCUT2D eigenvalue weighted by Gasteiger charge is 2.13. The van der Waals surface area contributed by atoms with Crippen molar-refractivity contribution in [3.8, 4) is 6.07 Å². The highest BCUT2D eigenvalue weighted by atomic mass is 35.5. The van der Waals surface area contributed by atoms with Gasteiger partial charge in [0.05, 0.1) is 28.1 Å². The van der Waals surface area contributed by atoms with E-state index in [2.05, 4.69) is 4.72 Å². The lowest BCUT2D eigenvalue weighted by molar-refractivity contribution is 0.600. The number of nitrogens with one attached hydrogen (secondary N) is 1. The Bertz CT molecular complexity index is 752. The van der Waals surface area contributed by atoms with E-state index in [0.29, 0.717) is 11.1 Å². The molecular weight excluding hydrogens is 296 g/mol. The van der Waals surface area contributed by atoms with E-state index in [1.807, 2.05) is 12.1 Å². The van der Waals surface area contributed by atoms with E-state index in [4.69, 9.17) is 16.9 Å². The van der Waals surface area contributed by atoms with Gasteiger partial charge in [0.15, 0.2) is 0 Å². The maximum Gasteiger partial charge on any atom is 0.236 e. The molecule has 102 valence electrons. The average molecular weight is 307 g/mol. The van der Waals surface area contributed by atoms with Crippen molar-refractivity contribution in [2.24, 2.45) is 0 Å². The van der Waals surface area contributed by atoms with E-state index in [1.165, 1.54) is 18.2 Å². The van der Waals surface area contributed by atoms with Crippen LogP contribution >= 0.6 is 11.6 Å². The standard InChI is InChI=1S/C14H11ClN2O2S/c15-13-8-12(9-16)6-7-14(13)17-20(18,19)10-11-4-2-1-3-5-11/h1-8,17H,10H2. The van der Waals surface area contributed by atoms with Crippen LogP contribution in [-0.2, 0) is 15.8 Å². The lowest BCUT2D eigenvalue weighted by atomic mass is 10.2. The van der Waals surface area contributed by atoms with Crippen LogP contribution in [0.25, 0.3) is 0 Å². The van der Waals surface area contributed by atoms with Gasteiger partial charge in [0.25, 0.3) is 0 Å². The molecule has 2 aromatic carbocycles. The first-order valence-corrected chi connectivity index (χ1v) is 7.77. The summed E-state index contributed by atoms with van der Waals surface area (Å²) in [5, 5.41) is 8.93. The molecule has 2 rings (SSSR count). The quantitative estimate of drug-likeness (QED) is 0.943. The second-order valence-electron chi connectivity index (χ2n) is 4.15. The predicted molar refractivity (Wildman–Crippen MR) is 78.9 cm³/mol. The minimum absolute atomic E-state index is 0.135. The Morgan fingerprint density at radius 3 is 2.45 bits per heavy atom. The second-order valence-corrected chi connectivity index (χ2v) is 6.28. The largest absolute Gasteiger partial charge is 0.282 e. The zero-order valence-corrected chi connectivity index (χ0v) is 11.9. The predicted octanol–water partition coefficient (Wildman–Crippen LogP) is 3.15. The molecule has 4 nitrogen and oxygen atoms in total. The molecule has 6 heteroatoms. The number of anilines is 1. The fraction of sp³-hybridized carbons (Fsp3) is 0.0714. The molecule has 0 aliphatic heterocycles. The molecule has 0 aromatic heterocycles. The third-order valence-electron chi connectivity index (χ3n) is 2.56. The van der Waals surface area contributed by atoms with Crippen LogP contribution in [0.2, 0.25) is 5.02 Å². The van der Waals surface area contributed by atoms with Crippen molar-refractivity contribution in [3.63, 3.8) is 0 Å². The maximum absolute atomic E-state index is 12.0. The van der Waals surface area contributed by atoms with E-state index < -0.39 is 10.0 Å². The second kappa shape index (κ2) is 5.95. The summed E-state index contributed by atoms with van der Waals surface area (Å²) in [6.07, 6.45) is 0. The summed E-state index contributed by atoms with van der Waals surface area (Å²) < 4.78 is 26.5. The first kappa shape index (κ1) is 14.4. The minimum atomic E-state index is -3.55. The van der Waals surface area contributed by atoms with Gasteiger partial charge in [0.1, 0.15) is 0 Å². The van der Waals surface area contributed by atoms with Crippen LogP contribution in [0.1, 0.15) is 11.1 Å². The van der Waals surface area contributed by atoms with E-state index >= 15 is 0 Å². The SMILES string of the molecule is N#Cc1ccc(NS(=O)(=O)Cc2ccccc2)c(Cl)c1. The van der Waals surface area contributed by atoms with Crippen molar-refractivity contribution in [1.29, 1.82) is 5.26 Å². The normalized spacial score (nSPS) is 10.8. The molecule has 0 amide bonds. The van der Waals surface area contributed by atoms with Gasteiger partial charge >= 0.3 is 0 Å². The van der Waals surface area contributed by atoms with Crippen LogP contribution in [0, 0.1) is 11.3 Å². The minimum Gasteiger partial charge on any atom is -0.282 e. The summed E-state index contributed by atoms with van der Waals surface area (Å²) in [5.41, 5.74) is 1.33. The number of hydrogen-bond acceptors (Lipinski definition) is 3. The third-order valence-corrected chi connectivity index (χ3v) is 4.12. The van der Waals surface area contributed by atoms with E-state index in [-0.39, 0.29) is 16.5 Å². The smallest absolute Gasteiger partial charge is 0.236 e. The average Bonchev–Trinajstić information content (AvgIpc) is 2.41. The van der Waals surface area contributed by atoms with Gasteiger partial charge in [-0.1, -0.05) is 41.9 Å². The number of nitrogens with zero attached hydrogens (tertiary/aromatic N) is 1. The van der Waals surface area contributed by atoms with E-state index in [9.17, 15) is 8.42 Å². The van der Waals surface area contributed by atoms with Crippen LogP contribution < -0.4 is 4.72 Å². The highest BCUT2D eigenvalue weighted by molar-refractivity contribution is 7.91. The molecule has 0 unspecified atom stereocenters. The Kier molecular flexibility index (Phi) is 4.28. The number of nitriles is 1. The fourth-order valence-corrected chi connectivity index (χ4v) is 3.17. The Morgan fingerprint density at radius 1 is 1.15 bits per heavy atom. The molecule has 0 aliphatic rings. The molecule has 0 aliphatic carbocycles. The number of rotatable bonds is 4. The number of halogens is 1. The Labute approximate surface area is 122 Å². The van der Waals surface area contributed by atoms with Crippen LogP contribution in [0.5, 0.6) is 0 Å². The molecule has 0 bridgehead atoms. The van der Waals surface area contributed by atoms with Crippen LogP contribution in [0.3, 0.4) is 0 Å². The van der Waals surface area contributed by atoms with Crippen molar-refractivity contribution in [2.75, 3.05) is 4.72 Å². The molecule has 0 heterocycles. The first-order valence-electron chi connectivity index (χ1n) is 5.74. The van der Waals surface area contributed by atoms with Crippen molar-refractivity contribution < 1.29 is 8.42 Å². The fourth-order valence-electron chi connectivity index (χ4n) is 1.66. The van der Waals surface area contributed by atoms with E-state index in [1.54, 1.807) is 24.3 Å². The van der Waals surface area contributed by atoms with Gasteiger partial charge in [-0.05, 0) is 23.8 Å². The van der Waals surface area contributed by atoms with Gasteiger partial charge in [0, 0.05) is 0 Å². The lowest BCUT2D eigenvalue weighted by Gasteiger charge is -2.09. The lowest BCUT2D eigenvalue weighted by Crippen LogP contribution is -2.15. The molecule has 1 N–H and O–H groups in total. The van der Waals surface area contributed by atoms with Crippen molar-refractivity contribution in [1.82, 2.24) is 0 Å². The van der Waals surface area contributed by atoms with Gasteiger partial charge in [-0.25, -0.2) is 8.42 Å². The van der Waals surface area contributed by atoms with Crippen LogP contribution in [0.15, 0.2) is 48.5 Å². The summed E-state index contributed by atoms with van der Waals surface area (Å²) in [7, 11) is -3.55. The molecule has 0 atom stereocenters. The summed E-state index contributed by atoms with van der Waals surface area (Å²) in [6.45, 7) is 0. The zero-order valence-electron chi connectivity index (χ0n) is 10.4. The highest BCUT2D eigenvalue weighted by Crippen LogP contribution is 2.24. The monoisotopic (exact) mass is 306 g/mol. The molecule has 0 radical (unpaired) electrons. The number of hydrogen-bond donors (Lipinski definition) is 1. The zero-order chi connectivity index (χ0) is 14.6. The topological polar surface area (TPSA) is 70.0 Å². The first-order chi connectivity index (χ1) is 9.50. The summed E-state index contributed by atoms with van der Waals surface area (Å²) in [6, 6.07) is 15.2. The van der Waals surface area contributed by atoms with Crippen molar-refractivity contribution in [2.45, 2.75) is 5.75 Å². The molecule has 0 spiro atoms. The summed E-state index contributed by atoms with van der Waals surface area (Å²) in [5.74, 6) is -0.135. The summed E-state index contributed by atoms with van der Waals surface area (Å²) in [4.78, 5) is 0. The Morgan fingerprint density at radius 2 is 1.85 bits per heavy atom. The van der Waals surface area contributed by atoms with Gasteiger partial charge < -0.3 is 0 Å². The molecule has 0 saturated heterocycles. The van der Waals surface area contributed by atoms with Gasteiger partial charge in [-0.2, -0.15) is 5.26 Å². The van der Waals surface area contributed by atoms with Crippen LogP contribution in [0.4, 0.5) is 5.69 Å². The Balaban J connectivity index is 2.19. The molecule has 0 saturated carbocycles. The van der Waals surface area contributed by atoms with E-state index in [0.717, 1.165) is 0 Å². The number of benzene rings is 2. The Hall–Kier alpha value is -2.03. The van der Waals surface area contributed by atoms with Gasteiger partial charge in [-0.3, -0.25) is 4.72 Å². The number of sulfonamides is 1. The molecule has 0 fully saturated rings. The molecular formula is C14H11ClN2O2S. The van der Waals surface area contributed by atoms with Crippen molar-refractivity contribution in [3.05, 3.63) is 64.7 Å². The summed E-state index contributed by atoms with van der Waals surface area (Å²) >= 11 is 5.94. The van der Waals surface area contributed by atoms with Crippen molar-refractivity contribution >= 4 is 27.3 Å². The third kappa shape index (κ3) is 3.73. The van der Waals surface area contributed by atoms with Gasteiger partial charge in [-0.15, -0.1) is 0 Å². The maximum atomic E-state index is 12.0.